The summed E-state index contributed by atoms with van der Waals surface area (Å²) in [6, 6.07) is 15.9. The maximum Gasteiger partial charge on any atom is 0.417 e. The van der Waals surface area contributed by atoms with Gasteiger partial charge in [0.1, 0.15) is 0 Å². The second kappa shape index (κ2) is 7.72. The molecule has 0 atom stereocenters. The molecule has 0 saturated carbocycles. The molecule has 144 valence electrons. The summed E-state index contributed by atoms with van der Waals surface area (Å²) in [5.41, 5.74) is 1.50. The number of halogens is 3. The molecule has 0 aliphatic carbocycles. The van der Waals surface area contributed by atoms with Gasteiger partial charge in [0, 0.05) is 11.8 Å². The van der Waals surface area contributed by atoms with Crippen LogP contribution in [0.3, 0.4) is 0 Å². The molecule has 0 unspecified atom stereocenters. The van der Waals surface area contributed by atoms with Gasteiger partial charge in [0.15, 0.2) is 0 Å². The first-order chi connectivity index (χ1) is 13.3. The summed E-state index contributed by atoms with van der Waals surface area (Å²) in [5.74, 6) is -0.870. The summed E-state index contributed by atoms with van der Waals surface area (Å²) in [6.45, 7) is 3.69. The Bertz CT molecular complexity index is 1020. The Labute approximate surface area is 160 Å². The molecule has 0 radical (unpaired) electrons. The van der Waals surface area contributed by atoms with Crippen molar-refractivity contribution in [3.05, 3.63) is 83.7 Å². The summed E-state index contributed by atoms with van der Waals surface area (Å²) in [7, 11) is 0. The number of carbonyl (C=O) groups excluding carboxylic acids is 1. The quantitative estimate of drug-likeness (QED) is 0.637. The number of benzene rings is 2. The van der Waals surface area contributed by atoms with E-state index < -0.39 is 17.7 Å². The molecule has 3 rings (SSSR count). The topological polar surface area (TPSA) is 46.9 Å². The van der Waals surface area contributed by atoms with Gasteiger partial charge in [0.25, 0.3) is 0 Å². The van der Waals surface area contributed by atoms with Crippen molar-refractivity contribution < 1.29 is 18.0 Å². The van der Waals surface area contributed by atoms with Crippen molar-refractivity contribution >= 4 is 17.2 Å². The maximum absolute atomic E-state index is 13.4. The van der Waals surface area contributed by atoms with Crippen LogP contribution in [0.5, 0.6) is 0 Å². The normalized spacial score (nSPS) is 12.1. The molecule has 1 amide bonds. The average molecular weight is 385 g/mol. The number of aromatic nitrogens is 2. The van der Waals surface area contributed by atoms with E-state index in [2.05, 4.69) is 10.4 Å². The third kappa shape index (κ3) is 4.31. The Morgan fingerprint density at radius 2 is 1.68 bits per heavy atom. The Morgan fingerprint density at radius 3 is 2.29 bits per heavy atom. The van der Waals surface area contributed by atoms with Gasteiger partial charge >= 0.3 is 6.18 Å². The number of para-hydroxylation sites is 2. The van der Waals surface area contributed by atoms with Crippen molar-refractivity contribution in [2.75, 3.05) is 5.32 Å². The molecule has 1 heterocycles. The minimum Gasteiger partial charge on any atom is -0.321 e. The van der Waals surface area contributed by atoms with Crippen LogP contribution in [0, 0.1) is 13.8 Å². The molecule has 0 saturated heterocycles. The fourth-order valence-electron chi connectivity index (χ4n) is 2.88. The lowest BCUT2D eigenvalue weighted by Gasteiger charge is -2.14. The van der Waals surface area contributed by atoms with Gasteiger partial charge in [0.05, 0.1) is 22.6 Å². The largest absolute Gasteiger partial charge is 0.417 e. The van der Waals surface area contributed by atoms with Crippen molar-refractivity contribution in [1.29, 1.82) is 0 Å². The summed E-state index contributed by atoms with van der Waals surface area (Å²) in [5, 5.41) is 6.91. The SMILES string of the molecule is Cc1cc(C)n(-c2ccccc2NC(=O)/C=C(/c2ccccc2)C(F)(F)F)n1. The second-order valence-corrected chi connectivity index (χ2v) is 6.27. The summed E-state index contributed by atoms with van der Waals surface area (Å²) in [6.07, 6.45) is -4.08. The second-order valence-electron chi connectivity index (χ2n) is 6.27. The zero-order chi connectivity index (χ0) is 20.3. The van der Waals surface area contributed by atoms with E-state index in [0.29, 0.717) is 17.5 Å². The Hall–Kier alpha value is -3.35. The van der Waals surface area contributed by atoms with Crippen LogP contribution < -0.4 is 5.32 Å². The molecule has 0 fully saturated rings. The number of nitrogens with zero attached hydrogens (tertiary/aromatic N) is 2. The Morgan fingerprint density at radius 1 is 1.04 bits per heavy atom. The number of hydrogen-bond acceptors (Lipinski definition) is 2. The molecule has 4 nitrogen and oxygen atoms in total. The lowest BCUT2D eigenvalue weighted by atomic mass is 10.1. The zero-order valence-corrected chi connectivity index (χ0v) is 15.3. The van der Waals surface area contributed by atoms with Crippen LogP contribution in [0.15, 0.2) is 66.7 Å². The number of nitrogens with one attached hydrogen (secondary N) is 1. The molecular formula is C21H18F3N3O. The highest BCUT2D eigenvalue weighted by Crippen LogP contribution is 2.33. The van der Waals surface area contributed by atoms with E-state index in [1.807, 2.05) is 19.9 Å². The molecule has 3 aromatic rings. The molecule has 0 aliphatic heterocycles. The lowest BCUT2D eigenvalue weighted by Crippen LogP contribution is -2.17. The molecule has 2 aromatic carbocycles. The number of amides is 1. The van der Waals surface area contributed by atoms with Gasteiger partial charge in [-0.1, -0.05) is 42.5 Å². The summed E-state index contributed by atoms with van der Waals surface area (Å²) < 4.78 is 42.0. The number of carbonyl (C=O) groups is 1. The molecule has 0 aliphatic rings. The van der Waals surface area contributed by atoms with E-state index in [-0.39, 0.29) is 5.56 Å². The molecule has 1 N–H and O–H groups in total. The van der Waals surface area contributed by atoms with Crippen molar-refractivity contribution in [3.8, 4) is 5.69 Å². The third-order valence-electron chi connectivity index (χ3n) is 4.07. The lowest BCUT2D eigenvalue weighted by molar-refractivity contribution is -0.112. The predicted octanol–water partition coefficient (Wildman–Crippen LogP) is 5.07. The number of aryl methyl sites for hydroxylation is 2. The Balaban J connectivity index is 1.95. The van der Waals surface area contributed by atoms with Gasteiger partial charge in [-0.2, -0.15) is 18.3 Å². The van der Waals surface area contributed by atoms with Crippen LogP contribution in [0.4, 0.5) is 18.9 Å². The van der Waals surface area contributed by atoms with Gasteiger partial charge in [-0.05, 0) is 37.6 Å². The molecule has 7 heteroatoms. The standard InChI is InChI=1S/C21H18F3N3O/c1-14-12-15(2)27(26-14)19-11-7-6-10-18(19)25-20(28)13-17(21(22,23)24)16-8-4-3-5-9-16/h3-13H,1-2H3,(H,25,28)/b17-13-. The van der Waals surface area contributed by atoms with E-state index in [0.717, 1.165) is 11.4 Å². The molecule has 1 aromatic heterocycles. The minimum atomic E-state index is -4.66. The fourth-order valence-corrected chi connectivity index (χ4v) is 2.88. The summed E-state index contributed by atoms with van der Waals surface area (Å²) in [4.78, 5) is 12.4. The van der Waals surface area contributed by atoms with Crippen molar-refractivity contribution in [3.63, 3.8) is 0 Å². The summed E-state index contributed by atoms with van der Waals surface area (Å²) >= 11 is 0. The van der Waals surface area contributed by atoms with Crippen LogP contribution >= 0.6 is 0 Å². The number of anilines is 1. The first-order valence-electron chi connectivity index (χ1n) is 8.53. The smallest absolute Gasteiger partial charge is 0.321 e. The van der Waals surface area contributed by atoms with Crippen LogP contribution in [-0.4, -0.2) is 21.9 Å². The van der Waals surface area contributed by atoms with E-state index in [1.54, 1.807) is 35.0 Å². The Kier molecular flexibility index (Phi) is 5.35. The van der Waals surface area contributed by atoms with Gasteiger partial charge in [-0.15, -0.1) is 0 Å². The van der Waals surface area contributed by atoms with E-state index in [9.17, 15) is 18.0 Å². The van der Waals surface area contributed by atoms with Crippen LogP contribution in [-0.2, 0) is 4.79 Å². The molecule has 28 heavy (non-hydrogen) atoms. The van der Waals surface area contributed by atoms with Crippen LogP contribution in [0.25, 0.3) is 11.3 Å². The highest BCUT2D eigenvalue weighted by Gasteiger charge is 2.35. The highest BCUT2D eigenvalue weighted by molar-refractivity contribution is 6.05. The van der Waals surface area contributed by atoms with Gasteiger partial charge in [-0.25, -0.2) is 4.68 Å². The first kappa shape index (κ1) is 19.4. The van der Waals surface area contributed by atoms with Gasteiger partial charge in [-0.3, -0.25) is 4.79 Å². The van der Waals surface area contributed by atoms with Crippen LogP contribution in [0.1, 0.15) is 17.0 Å². The highest BCUT2D eigenvalue weighted by atomic mass is 19.4. The minimum absolute atomic E-state index is 0.0722. The van der Waals surface area contributed by atoms with E-state index in [1.165, 1.54) is 24.3 Å². The first-order valence-corrected chi connectivity index (χ1v) is 8.53. The molecule has 0 spiro atoms. The average Bonchev–Trinajstić information content (AvgIpc) is 2.98. The number of hydrogen-bond donors (Lipinski definition) is 1. The zero-order valence-electron chi connectivity index (χ0n) is 15.3. The van der Waals surface area contributed by atoms with Gasteiger partial charge in [0.2, 0.25) is 5.91 Å². The van der Waals surface area contributed by atoms with Crippen LogP contribution in [0.2, 0.25) is 0 Å². The van der Waals surface area contributed by atoms with Crippen molar-refractivity contribution in [2.45, 2.75) is 20.0 Å². The van der Waals surface area contributed by atoms with Crippen molar-refractivity contribution in [2.24, 2.45) is 0 Å². The fraction of sp³-hybridized carbons (Fsp3) is 0.143. The molecular weight excluding hydrogens is 367 g/mol. The predicted molar refractivity (Wildman–Crippen MR) is 102 cm³/mol. The number of alkyl halides is 3. The third-order valence-corrected chi connectivity index (χ3v) is 4.07. The van der Waals surface area contributed by atoms with Gasteiger partial charge < -0.3 is 5.32 Å². The van der Waals surface area contributed by atoms with E-state index >= 15 is 0 Å². The number of allylic oxidation sites excluding steroid dienone is 1. The molecule has 0 bridgehead atoms. The van der Waals surface area contributed by atoms with Crippen molar-refractivity contribution in [1.82, 2.24) is 9.78 Å². The van der Waals surface area contributed by atoms with E-state index in [4.69, 9.17) is 0 Å². The maximum atomic E-state index is 13.4. The number of rotatable bonds is 4. The monoisotopic (exact) mass is 385 g/mol.